The van der Waals surface area contributed by atoms with Crippen molar-refractivity contribution in [1.82, 2.24) is 5.32 Å². The third-order valence-corrected chi connectivity index (χ3v) is 2.75. The van der Waals surface area contributed by atoms with Crippen LogP contribution in [0.4, 0.5) is 0 Å². The molecule has 0 radical (unpaired) electrons. The molecule has 1 N–H and O–H groups in total. The van der Waals surface area contributed by atoms with Gasteiger partial charge in [-0.25, -0.2) is 4.79 Å². The van der Waals surface area contributed by atoms with Gasteiger partial charge in [-0.15, -0.1) is 0 Å². The molecule has 0 saturated carbocycles. The number of fused-ring (bicyclic) bond motifs is 2. The van der Waals surface area contributed by atoms with E-state index in [4.69, 9.17) is 4.74 Å². The summed E-state index contributed by atoms with van der Waals surface area (Å²) in [6.07, 6.45) is 5.28. The molecule has 1 saturated heterocycles. The lowest BCUT2D eigenvalue weighted by Crippen LogP contribution is -2.37. The Morgan fingerprint density at radius 2 is 2.54 bits per heavy atom. The van der Waals surface area contributed by atoms with Crippen LogP contribution < -0.4 is 5.32 Å². The second-order valence-corrected chi connectivity index (χ2v) is 3.61. The zero-order valence-corrected chi connectivity index (χ0v) is 7.88. The van der Waals surface area contributed by atoms with E-state index >= 15 is 0 Å². The Kier molecular flexibility index (Phi) is 2.36. The van der Waals surface area contributed by atoms with Gasteiger partial charge >= 0.3 is 5.97 Å². The van der Waals surface area contributed by atoms with Gasteiger partial charge in [0.25, 0.3) is 0 Å². The van der Waals surface area contributed by atoms with E-state index in [2.05, 4.69) is 5.32 Å². The van der Waals surface area contributed by atoms with Crippen molar-refractivity contribution < 1.29 is 9.53 Å². The van der Waals surface area contributed by atoms with Crippen LogP contribution in [-0.2, 0) is 9.53 Å². The van der Waals surface area contributed by atoms with Crippen molar-refractivity contribution in [3.8, 4) is 0 Å². The molecule has 0 aromatic heterocycles. The highest BCUT2D eigenvalue weighted by molar-refractivity contribution is 5.90. The van der Waals surface area contributed by atoms with Crippen molar-refractivity contribution in [3.63, 3.8) is 0 Å². The van der Waals surface area contributed by atoms with E-state index in [1.165, 1.54) is 6.42 Å². The molecular formula is C10H15NO2. The number of carbonyl (C=O) groups is 1. The molecule has 3 heteroatoms. The topological polar surface area (TPSA) is 38.3 Å². The summed E-state index contributed by atoms with van der Waals surface area (Å²) in [5.41, 5.74) is 0.843. The number of ether oxygens (including phenoxy) is 1. The lowest BCUT2D eigenvalue weighted by molar-refractivity contribution is -0.138. The SMILES string of the molecule is CCOC(=O)C1=CCC2CCC1N2. The highest BCUT2D eigenvalue weighted by Gasteiger charge is 2.33. The average Bonchev–Trinajstić information content (AvgIpc) is 2.48. The standard InChI is InChI=1S/C10H15NO2/c1-2-13-10(12)8-5-3-7-4-6-9(8)11-7/h5,7,9,11H,2-4,6H2,1H3. The Hall–Kier alpha value is -0.830. The van der Waals surface area contributed by atoms with Crippen LogP contribution in [0.2, 0.25) is 0 Å². The van der Waals surface area contributed by atoms with Crippen LogP contribution in [0.15, 0.2) is 11.6 Å². The van der Waals surface area contributed by atoms with Gasteiger partial charge in [0.1, 0.15) is 0 Å². The van der Waals surface area contributed by atoms with Crippen LogP contribution in [0.3, 0.4) is 0 Å². The summed E-state index contributed by atoms with van der Waals surface area (Å²) in [7, 11) is 0. The zero-order valence-electron chi connectivity index (χ0n) is 7.88. The van der Waals surface area contributed by atoms with Crippen LogP contribution in [-0.4, -0.2) is 24.7 Å². The summed E-state index contributed by atoms with van der Waals surface area (Å²) in [6, 6.07) is 0.862. The quantitative estimate of drug-likeness (QED) is 0.646. The number of rotatable bonds is 2. The molecule has 72 valence electrons. The number of esters is 1. The van der Waals surface area contributed by atoms with E-state index in [0.717, 1.165) is 18.4 Å². The van der Waals surface area contributed by atoms with Crippen molar-refractivity contribution in [3.05, 3.63) is 11.6 Å². The lowest BCUT2D eigenvalue weighted by atomic mass is 10.0. The average molecular weight is 181 g/mol. The molecule has 2 heterocycles. The third kappa shape index (κ3) is 1.61. The Labute approximate surface area is 78.1 Å². The minimum Gasteiger partial charge on any atom is -0.463 e. The van der Waals surface area contributed by atoms with Crippen LogP contribution >= 0.6 is 0 Å². The summed E-state index contributed by atoms with van der Waals surface area (Å²) in [5.74, 6) is -0.139. The maximum Gasteiger partial charge on any atom is 0.335 e. The number of hydrogen-bond acceptors (Lipinski definition) is 3. The van der Waals surface area contributed by atoms with E-state index in [1.807, 2.05) is 13.0 Å². The zero-order chi connectivity index (χ0) is 9.26. The number of nitrogens with one attached hydrogen (secondary N) is 1. The predicted molar refractivity (Wildman–Crippen MR) is 49.3 cm³/mol. The summed E-state index contributed by atoms with van der Waals surface area (Å²) in [4.78, 5) is 11.5. The van der Waals surface area contributed by atoms with Crippen molar-refractivity contribution in [1.29, 1.82) is 0 Å². The van der Waals surface area contributed by atoms with Crippen molar-refractivity contribution in [2.45, 2.75) is 38.3 Å². The first-order valence-corrected chi connectivity index (χ1v) is 4.94. The van der Waals surface area contributed by atoms with E-state index in [0.29, 0.717) is 12.6 Å². The molecule has 2 aliphatic heterocycles. The number of hydrogen-bond donors (Lipinski definition) is 1. The largest absolute Gasteiger partial charge is 0.463 e. The molecule has 2 bridgehead atoms. The fraction of sp³-hybridized carbons (Fsp3) is 0.700. The molecule has 1 fully saturated rings. The molecular weight excluding hydrogens is 166 g/mol. The molecule has 0 aliphatic carbocycles. The van der Waals surface area contributed by atoms with Crippen LogP contribution in [0.25, 0.3) is 0 Å². The van der Waals surface area contributed by atoms with Crippen LogP contribution in [0.5, 0.6) is 0 Å². The third-order valence-electron chi connectivity index (χ3n) is 2.75. The molecule has 13 heavy (non-hydrogen) atoms. The van der Waals surface area contributed by atoms with Crippen molar-refractivity contribution in [2.75, 3.05) is 6.61 Å². The summed E-state index contributed by atoms with van der Waals surface area (Å²) >= 11 is 0. The van der Waals surface area contributed by atoms with Gasteiger partial charge in [-0.05, 0) is 26.2 Å². The minimum atomic E-state index is -0.139. The summed E-state index contributed by atoms with van der Waals surface area (Å²) < 4.78 is 4.98. The first-order chi connectivity index (χ1) is 6.31. The smallest absolute Gasteiger partial charge is 0.335 e. The van der Waals surface area contributed by atoms with Gasteiger partial charge in [-0.3, -0.25) is 0 Å². The molecule has 2 unspecified atom stereocenters. The fourth-order valence-electron chi connectivity index (χ4n) is 2.10. The Morgan fingerprint density at radius 1 is 1.69 bits per heavy atom. The molecule has 2 rings (SSSR count). The molecule has 0 spiro atoms. The minimum absolute atomic E-state index is 0.139. The fourth-order valence-corrected chi connectivity index (χ4v) is 2.10. The van der Waals surface area contributed by atoms with Crippen LogP contribution in [0.1, 0.15) is 26.2 Å². The van der Waals surface area contributed by atoms with Gasteiger partial charge in [-0.2, -0.15) is 0 Å². The number of carbonyl (C=O) groups excluding carboxylic acids is 1. The summed E-state index contributed by atoms with van der Waals surface area (Å²) in [5, 5.41) is 3.41. The van der Waals surface area contributed by atoms with Gasteiger partial charge in [-0.1, -0.05) is 6.08 Å². The second kappa shape index (κ2) is 3.50. The van der Waals surface area contributed by atoms with Gasteiger partial charge in [0.2, 0.25) is 0 Å². The van der Waals surface area contributed by atoms with Gasteiger partial charge in [0, 0.05) is 12.1 Å². The monoisotopic (exact) mass is 181 g/mol. The second-order valence-electron chi connectivity index (χ2n) is 3.61. The first-order valence-electron chi connectivity index (χ1n) is 4.94. The van der Waals surface area contributed by atoms with E-state index < -0.39 is 0 Å². The van der Waals surface area contributed by atoms with E-state index in [9.17, 15) is 4.79 Å². The van der Waals surface area contributed by atoms with Crippen molar-refractivity contribution in [2.24, 2.45) is 0 Å². The molecule has 2 aliphatic rings. The maximum atomic E-state index is 11.5. The Bertz CT molecular complexity index is 247. The predicted octanol–water partition coefficient (Wildman–Crippen LogP) is 1.00. The highest BCUT2D eigenvalue weighted by Crippen LogP contribution is 2.27. The van der Waals surface area contributed by atoms with Gasteiger partial charge < -0.3 is 10.1 Å². The van der Waals surface area contributed by atoms with E-state index in [-0.39, 0.29) is 12.0 Å². The highest BCUT2D eigenvalue weighted by atomic mass is 16.5. The van der Waals surface area contributed by atoms with E-state index in [1.54, 1.807) is 0 Å². The lowest BCUT2D eigenvalue weighted by Gasteiger charge is -2.20. The van der Waals surface area contributed by atoms with Gasteiger partial charge in [0.05, 0.1) is 12.2 Å². The Morgan fingerprint density at radius 3 is 3.31 bits per heavy atom. The summed E-state index contributed by atoms with van der Waals surface area (Å²) in [6.45, 7) is 2.30. The first kappa shape index (κ1) is 8.75. The normalized spacial score (nSPS) is 31.3. The van der Waals surface area contributed by atoms with Gasteiger partial charge in [0.15, 0.2) is 0 Å². The van der Waals surface area contributed by atoms with Crippen molar-refractivity contribution >= 4 is 5.97 Å². The molecule has 0 amide bonds. The molecule has 2 atom stereocenters. The van der Waals surface area contributed by atoms with Crippen LogP contribution in [0, 0.1) is 0 Å². The molecule has 3 nitrogen and oxygen atoms in total. The Balaban J connectivity index is 2.06. The molecule has 0 aromatic carbocycles. The molecule has 0 aromatic rings. The maximum absolute atomic E-state index is 11.5.